The molecule has 0 fully saturated rings. The molecule has 0 atom stereocenters. The monoisotopic (exact) mass is 230 g/mol. The Balaban J connectivity index is 2.48. The topological polar surface area (TPSA) is 56.0 Å². The van der Waals surface area contributed by atoms with Crippen LogP contribution in [0.5, 0.6) is 0 Å². The maximum Gasteiger partial charge on any atom is 0.195 e. The van der Waals surface area contributed by atoms with Crippen molar-refractivity contribution in [2.24, 2.45) is 0 Å². The Morgan fingerprint density at radius 1 is 1.35 bits per heavy atom. The lowest BCUT2D eigenvalue weighted by Crippen LogP contribution is -2.06. The number of nitrogens with zero attached hydrogens (tertiary/aromatic N) is 1. The molecule has 2 N–H and O–H groups in total. The van der Waals surface area contributed by atoms with Crippen molar-refractivity contribution in [1.82, 2.24) is 4.98 Å². The van der Waals surface area contributed by atoms with Crippen LogP contribution < -0.4 is 5.73 Å². The molecule has 4 heteroatoms. The van der Waals surface area contributed by atoms with Crippen LogP contribution in [0.3, 0.4) is 0 Å². The van der Waals surface area contributed by atoms with Gasteiger partial charge in [-0.2, -0.15) is 0 Å². The summed E-state index contributed by atoms with van der Waals surface area (Å²) < 4.78 is 13.0. The van der Waals surface area contributed by atoms with Crippen LogP contribution in [0.1, 0.15) is 21.5 Å². The van der Waals surface area contributed by atoms with E-state index < -0.39 is 5.82 Å². The van der Waals surface area contributed by atoms with Crippen LogP contribution in [-0.4, -0.2) is 10.8 Å². The van der Waals surface area contributed by atoms with Crippen molar-refractivity contribution in [2.75, 3.05) is 5.73 Å². The summed E-state index contributed by atoms with van der Waals surface area (Å²) in [6.45, 7) is 1.76. The molecule has 0 aliphatic carbocycles. The smallest absolute Gasteiger partial charge is 0.195 e. The lowest BCUT2D eigenvalue weighted by Gasteiger charge is -2.07. The number of carbonyl (C=O) groups is 1. The standard InChI is InChI=1S/C13H11FN2O/c1-8-11(3-2-4-12(8)15)13(17)9-5-10(14)7-16-6-9/h2-7H,15H2,1H3. The molecule has 3 nitrogen and oxygen atoms in total. The van der Waals surface area contributed by atoms with Crippen LogP contribution in [-0.2, 0) is 0 Å². The first-order valence-electron chi connectivity index (χ1n) is 5.10. The molecule has 0 saturated carbocycles. The summed E-state index contributed by atoms with van der Waals surface area (Å²) in [4.78, 5) is 15.8. The van der Waals surface area contributed by atoms with E-state index in [1.807, 2.05) is 0 Å². The Morgan fingerprint density at radius 2 is 2.12 bits per heavy atom. The fourth-order valence-electron chi connectivity index (χ4n) is 1.59. The molecule has 17 heavy (non-hydrogen) atoms. The third kappa shape index (κ3) is 2.15. The van der Waals surface area contributed by atoms with Gasteiger partial charge in [0.05, 0.1) is 6.20 Å². The lowest BCUT2D eigenvalue weighted by atomic mass is 9.99. The van der Waals surface area contributed by atoms with Crippen LogP contribution >= 0.6 is 0 Å². The molecule has 0 aliphatic heterocycles. The van der Waals surface area contributed by atoms with Crippen LogP contribution in [0.15, 0.2) is 36.7 Å². The van der Waals surface area contributed by atoms with E-state index in [0.29, 0.717) is 16.8 Å². The van der Waals surface area contributed by atoms with Crippen molar-refractivity contribution < 1.29 is 9.18 Å². The number of anilines is 1. The molecule has 1 aromatic carbocycles. The summed E-state index contributed by atoms with van der Waals surface area (Å²) in [6, 6.07) is 6.25. The fraction of sp³-hybridized carbons (Fsp3) is 0.0769. The molecule has 0 spiro atoms. The van der Waals surface area contributed by atoms with Crippen LogP contribution in [0.4, 0.5) is 10.1 Å². The molecule has 0 aliphatic rings. The number of hydrogen-bond donors (Lipinski definition) is 1. The molecule has 1 heterocycles. The SMILES string of the molecule is Cc1c(N)cccc1C(=O)c1cncc(F)c1. The second-order valence-electron chi connectivity index (χ2n) is 3.74. The van der Waals surface area contributed by atoms with Gasteiger partial charge in [-0.25, -0.2) is 4.39 Å². The van der Waals surface area contributed by atoms with Gasteiger partial charge in [-0.05, 0) is 24.6 Å². The van der Waals surface area contributed by atoms with Gasteiger partial charge in [0.15, 0.2) is 5.78 Å². The van der Waals surface area contributed by atoms with Gasteiger partial charge < -0.3 is 5.73 Å². The molecule has 0 amide bonds. The van der Waals surface area contributed by atoms with Crippen LogP contribution in [0, 0.1) is 12.7 Å². The van der Waals surface area contributed by atoms with Gasteiger partial charge >= 0.3 is 0 Å². The first-order chi connectivity index (χ1) is 8.09. The van der Waals surface area contributed by atoms with E-state index in [1.54, 1.807) is 25.1 Å². The van der Waals surface area contributed by atoms with E-state index in [-0.39, 0.29) is 11.3 Å². The molecule has 0 radical (unpaired) electrons. The molecular formula is C13H11FN2O. The molecule has 1 aromatic heterocycles. The van der Waals surface area contributed by atoms with Crippen LogP contribution in [0.2, 0.25) is 0 Å². The van der Waals surface area contributed by atoms with Crippen molar-refractivity contribution in [3.8, 4) is 0 Å². The number of carbonyl (C=O) groups excluding carboxylic acids is 1. The third-order valence-electron chi connectivity index (χ3n) is 2.59. The van der Waals surface area contributed by atoms with Gasteiger partial charge in [0.2, 0.25) is 0 Å². The van der Waals surface area contributed by atoms with E-state index >= 15 is 0 Å². The quantitative estimate of drug-likeness (QED) is 0.636. The van der Waals surface area contributed by atoms with E-state index in [4.69, 9.17) is 5.73 Å². The minimum absolute atomic E-state index is 0.221. The number of nitrogens with two attached hydrogens (primary N) is 1. The van der Waals surface area contributed by atoms with E-state index in [2.05, 4.69) is 4.98 Å². The zero-order valence-electron chi connectivity index (χ0n) is 9.27. The Bertz CT molecular complexity index is 581. The van der Waals surface area contributed by atoms with E-state index in [9.17, 15) is 9.18 Å². The second kappa shape index (κ2) is 4.33. The zero-order valence-corrected chi connectivity index (χ0v) is 9.27. The van der Waals surface area contributed by atoms with Crippen molar-refractivity contribution in [2.45, 2.75) is 6.92 Å². The first kappa shape index (κ1) is 11.3. The highest BCUT2D eigenvalue weighted by atomic mass is 19.1. The van der Waals surface area contributed by atoms with Crippen molar-refractivity contribution >= 4 is 11.5 Å². The molecule has 0 bridgehead atoms. The molecule has 2 aromatic rings. The predicted octanol–water partition coefficient (Wildman–Crippen LogP) is 2.34. The molecule has 0 saturated heterocycles. The number of nitrogen functional groups attached to an aromatic ring is 1. The molecule has 0 unspecified atom stereocenters. The number of hydrogen-bond acceptors (Lipinski definition) is 3. The Labute approximate surface area is 98.1 Å². The van der Waals surface area contributed by atoms with Gasteiger partial charge in [-0.15, -0.1) is 0 Å². The van der Waals surface area contributed by atoms with Gasteiger partial charge in [0, 0.05) is 23.0 Å². The van der Waals surface area contributed by atoms with Crippen molar-refractivity contribution in [3.05, 3.63) is 59.2 Å². The van der Waals surface area contributed by atoms with Gasteiger partial charge in [0.25, 0.3) is 0 Å². The number of rotatable bonds is 2. The molecular weight excluding hydrogens is 219 g/mol. The normalized spacial score (nSPS) is 10.2. The Hall–Kier alpha value is -2.23. The number of halogens is 1. The summed E-state index contributed by atoms with van der Waals surface area (Å²) in [5, 5.41) is 0. The number of aromatic nitrogens is 1. The van der Waals surface area contributed by atoms with Gasteiger partial charge in [-0.3, -0.25) is 9.78 Å². The van der Waals surface area contributed by atoms with E-state index in [1.165, 1.54) is 6.20 Å². The second-order valence-corrected chi connectivity index (χ2v) is 3.74. The van der Waals surface area contributed by atoms with Crippen LogP contribution in [0.25, 0.3) is 0 Å². The highest BCUT2D eigenvalue weighted by Crippen LogP contribution is 2.19. The minimum Gasteiger partial charge on any atom is -0.398 e. The first-order valence-corrected chi connectivity index (χ1v) is 5.10. The lowest BCUT2D eigenvalue weighted by molar-refractivity contribution is 0.103. The summed E-state index contributed by atoms with van der Waals surface area (Å²) in [7, 11) is 0. The molecule has 86 valence electrons. The summed E-state index contributed by atoms with van der Waals surface area (Å²) in [5.41, 5.74) is 7.65. The Kier molecular flexibility index (Phi) is 2.87. The van der Waals surface area contributed by atoms with Crippen molar-refractivity contribution in [3.63, 3.8) is 0 Å². The number of pyridine rings is 1. The highest BCUT2D eigenvalue weighted by molar-refractivity contribution is 6.10. The third-order valence-corrected chi connectivity index (χ3v) is 2.59. The average Bonchev–Trinajstić information content (AvgIpc) is 2.32. The summed E-state index contributed by atoms with van der Waals surface area (Å²) in [6.07, 6.45) is 2.40. The number of ketones is 1. The fourth-order valence-corrected chi connectivity index (χ4v) is 1.59. The summed E-state index contributed by atoms with van der Waals surface area (Å²) in [5.74, 6) is -0.806. The average molecular weight is 230 g/mol. The van der Waals surface area contributed by atoms with E-state index in [0.717, 1.165) is 12.3 Å². The van der Waals surface area contributed by atoms with Crippen molar-refractivity contribution in [1.29, 1.82) is 0 Å². The van der Waals surface area contributed by atoms with Gasteiger partial charge in [0.1, 0.15) is 5.82 Å². The maximum absolute atomic E-state index is 13.0. The number of benzene rings is 1. The van der Waals surface area contributed by atoms with Gasteiger partial charge in [-0.1, -0.05) is 12.1 Å². The summed E-state index contributed by atoms with van der Waals surface area (Å²) >= 11 is 0. The highest BCUT2D eigenvalue weighted by Gasteiger charge is 2.13. The molecule has 2 rings (SSSR count). The Morgan fingerprint density at radius 3 is 2.82 bits per heavy atom. The largest absolute Gasteiger partial charge is 0.398 e. The maximum atomic E-state index is 13.0. The predicted molar refractivity (Wildman–Crippen MR) is 63.2 cm³/mol. The zero-order chi connectivity index (χ0) is 12.4. The minimum atomic E-state index is -0.530.